The van der Waals surface area contributed by atoms with E-state index in [-0.39, 0.29) is 0 Å². The fourth-order valence-electron chi connectivity index (χ4n) is 8.24. The number of benzene rings is 8. The van der Waals surface area contributed by atoms with Gasteiger partial charge in [-0.25, -0.2) is 15.0 Å². The van der Waals surface area contributed by atoms with Gasteiger partial charge in [0.2, 0.25) is 0 Å². The normalized spacial score (nSPS) is 11.9. The summed E-state index contributed by atoms with van der Waals surface area (Å²) in [5.74, 6) is 1.76. The lowest BCUT2D eigenvalue weighted by molar-refractivity contribution is 0.665. The van der Waals surface area contributed by atoms with E-state index < -0.39 is 0 Å². The molecular formula is C51H29N3O3. The maximum atomic E-state index is 6.68. The van der Waals surface area contributed by atoms with Crippen molar-refractivity contribution in [2.24, 2.45) is 0 Å². The van der Waals surface area contributed by atoms with Crippen LogP contribution in [0.25, 0.3) is 122 Å². The van der Waals surface area contributed by atoms with Crippen LogP contribution in [-0.4, -0.2) is 15.0 Å². The molecule has 0 radical (unpaired) electrons. The van der Waals surface area contributed by atoms with E-state index in [0.717, 1.165) is 105 Å². The number of rotatable bonds is 5. The van der Waals surface area contributed by atoms with Crippen molar-refractivity contribution in [3.63, 3.8) is 0 Å². The molecule has 12 aromatic rings. The molecule has 0 saturated heterocycles. The molecule has 0 unspecified atom stereocenters. The molecule has 0 bridgehead atoms. The summed E-state index contributed by atoms with van der Waals surface area (Å²) in [7, 11) is 0. The zero-order chi connectivity index (χ0) is 37.5. The van der Waals surface area contributed by atoms with Crippen LogP contribution in [0.4, 0.5) is 0 Å². The summed E-state index contributed by atoms with van der Waals surface area (Å²) in [6, 6.07) is 59.8. The van der Waals surface area contributed by atoms with Gasteiger partial charge in [-0.15, -0.1) is 0 Å². The van der Waals surface area contributed by atoms with Gasteiger partial charge in [-0.05, 0) is 53.6 Å². The molecule has 0 aliphatic carbocycles. The first-order valence-electron chi connectivity index (χ1n) is 18.9. The van der Waals surface area contributed by atoms with E-state index in [9.17, 15) is 0 Å². The Bertz CT molecular complexity index is 3470. The first-order chi connectivity index (χ1) is 28.2. The third-order valence-corrected chi connectivity index (χ3v) is 10.9. The fourth-order valence-corrected chi connectivity index (χ4v) is 8.24. The van der Waals surface area contributed by atoms with Gasteiger partial charge in [0.15, 0.2) is 17.5 Å². The van der Waals surface area contributed by atoms with Crippen LogP contribution in [0.3, 0.4) is 0 Å². The first kappa shape index (κ1) is 31.5. The number of nitrogens with zero attached hydrogens (tertiary/aromatic N) is 3. The Balaban J connectivity index is 1.05. The van der Waals surface area contributed by atoms with Crippen molar-refractivity contribution in [1.82, 2.24) is 15.0 Å². The minimum absolute atomic E-state index is 0.550. The summed E-state index contributed by atoms with van der Waals surface area (Å²) in [5.41, 5.74) is 11.6. The van der Waals surface area contributed by atoms with E-state index in [1.54, 1.807) is 0 Å². The van der Waals surface area contributed by atoms with Crippen LogP contribution >= 0.6 is 0 Å². The Hall–Kier alpha value is -7.83. The van der Waals surface area contributed by atoms with Crippen molar-refractivity contribution < 1.29 is 13.3 Å². The summed E-state index contributed by atoms with van der Waals surface area (Å²) < 4.78 is 19.8. The Morgan fingerprint density at radius 2 is 0.737 bits per heavy atom. The molecule has 6 nitrogen and oxygen atoms in total. The summed E-state index contributed by atoms with van der Waals surface area (Å²) in [6.45, 7) is 0. The molecule has 0 saturated carbocycles. The lowest BCUT2D eigenvalue weighted by Crippen LogP contribution is -2.00. The van der Waals surface area contributed by atoms with Crippen molar-refractivity contribution in [2.75, 3.05) is 0 Å². The topological polar surface area (TPSA) is 78.1 Å². The highest BCUT2D eigenvalue weighted by Crippen LogP contribution is 2.44. The van der Waals surface area contributed by atoms with E-state index in [2.05, 4.69) is 78.9 Å². The second-order valence-electron chi connectivity index (χ2n) is 14.3. The van der Waals surface area contributed by atoms with Gasteiger partial charge in [0.1, 0.15) is 33.5 Å². The maximum Gasteiger partial charge on any atom is 0.167 e. The zero-order valence-electron chi connectivity index (χ0n) is 30.3. The third kappa shape index (κ3) is 5.01. The van der Waals surface area contributed by atoms with Crippen LogP contribution in [0, 0.1) is 0 Å². The SMILES string of the molecule is c1ccc(-c2nc(-c3ccccc3)nc(-c3cccc4c3oc3ccc(-c5cc(-c6cccc7c6oc6ccccc67)c6oc7ccccc7c6c5)cc34)n2)cc1. The number of furan rings is 3. The van der Waals surface area contributed by atoms with Gasteiger partial charge in [0.05, 0.1) is 5.56 Å². The smallest absolute Gasteiger partial charge is 0.167 e. The Kier molecular flexibility index (Phi) is 6.83. The highest BCUT2D eigenvalue weighted by Gasteiger charge is 2.21. The largest absolute Gasteiger partial charge is 0.455 e. The fraction of sp³-hybridized carbons (Fsp3) is 0. The van der Waals surface area contributed by atoms with Crippen molar-refractivity contribution in [2.45, 2.75) is 0 Å². The molecular weight excluding hydrogens is 703 g/mol. The minimum atomic E-state index is 0.550. The molecule has 0 fully saturated rings. The maximum absolute atomic E-state index is 6.68. The molecule has 266 valence electrons. The highest BCUT2D eigenvalue weighted by molar-refractivity contribution is 6.16. The first-order valence-corrected chi connectivity index (χ1v) is 18.9. The zero-order valence-corrected chi connectivity index (χ0v) is 30.3. The summed E-state index contributed by atoms with van der Waals surface area (Å²) in [6.07, 6.45) is 0. The molecule has 6 heteroatoms. The molecule has 12 rings (SSSR count). The van der Waals surface area contributed by atoms with Gasteiger partial charge >= 0.3 is 0 Å². The van der Waals surface area contributed by atoms with Gasteiger partial charge in [0.25, 0.3) is 0 Å². The monoisotopic (exact) mass is 731 g/mol. The Labute approximate surface area is 325 Å². The van der Waals surface area contributed by atoms with E-state index in [4.69, 9.17) is 28.2 Å². The summed E-state index contributed by atoms with van der Waals surface area (Å²) in [4.78, 5) is 14.9. The van der Waals surface area contributed by atoms with Crippen LogP contribution in [0.15, 0.2) is 189 Å². The van der Waals surface area contributed by atoms with E-state index in [1.807, 2.05) is 97.1 Å². The third-order valence-electron chi connectivity index (χ3n) is 10.9. The molecule has 4 aromatic heterocycles. The molecule has 0 amide bonds. The Morgan fingerprint density at radius 3 is 1.40 bits per heavy atom. The molecule has 4 heterocycles. The quantitative estimate of drug-likeness (QED) is 0.175. The highest BCUT2D eigenvalue weighted by atomic mass is 16.3. The van der Waals surface area contributed by atoms with E-state index >= 15 is 0 Å². The molecule has 57 heavy (non-hydrogen) atoms. The van der Waals surface area contributed by atoms with Crippen molar-refractivity contribution in [3.8, 4) is 56.4 Å². The van der Waals surface area contributed by atoms with Gasteiger partial charge in [-0.2, -0.15) is 0 Å². The van der Waals surface area contributed by atoms with E-state index in [0.29, 0.717) is 17.5 Å². The standard InChI is InChI=1S/C51H29N3O3/c1-3-13-30(14-4-1)49-52-50(31-15-5-2-6-16-31)54-51(53-49)39-22-12-20-37-40-27-32(25-26-45(40)57-47(37)39)33-28-41-35-18-8-10-24-44(35)56-48(41)42(29-33)38-21-11-19-36-34-17-7-9-23-43(34)55-46(36)38/h1-29H. The van der Waals surface area contributed by atoms with Crippen LogP contribution < -0.4 is 0 Å². The second-order valence-corrected chi connectivity index (χ2v) is 14.3. The molecule has 0 atom stereocenters. The minimum Gasteiger partial charge on any atom is -0.455 e. The number of hydrogen-bond donors (Lipinski definition) is 0. The summed E-state index contributed by atoms with van der Waals surface area (Å²) >= 11 is 0. The average Bonchev–Trinajstić information content (AvgIpc) is 3.98. The number of para-hydroxylation sites is 4. The molecule has 8 aromatic carbocycles. The van der Waals surface area contributed by atoms with E-state index in [1.165, 1.54) is 0 Å². The summed E-state index contributed by atoms with van der Waals surface area (Å²) in [5, 5.41) is 6.26. The van der Waals surface area contributed by atoms with Crippen molar-refractivity contribution in [3.05, 3.63) is 176 Å². The second kappa shape index (κ2) is 12.3. The molecule has 0 aliphatic heterocycles. The molecule has 0 spiro atoms. The van der Waals surface area contributed by atoms with Gasteiger partial charge < -0.3 is 13.3 Å². The number of hydrogen-bond acceptors (Lipinski definition) is 6. The molecule has 0 aliphatic rings. The molecule has 0 N–H and O–H groups in total. The van der Waals surface area contributed by atoms with Crippen LogP contribution in [0.5, 0.6) is 0 Å². The predicted octanol–water partition coefficient (Wildman–Crippen LogP) is 13.9. The average molecular weight is 732 g/mol. The van der Waals surface area contributed by atoms with Crippen molar-refractivity contribution >= 4 is 65.8 Å². The number of fused-ring (bicyclic) bond motifs is 9. The lowest BCUT2D eigenvalue weighted by atomic mass is 9.94. The van der Waals surface area contributed by atoms with Crippen LogP contribution in [0.1, 0.15) is 0 Å². The Morgan fingerprint density at radius 1 is 0.263 bits per heavy atom. The van der Waals surface area contributed by atoms with Gasteiger partial charge in [-0.3, -0.25) is 0 Å². The lowest BCUT2D eigenvalue weighted by Gasteiger charge is -2.09. The van der Waals surface area contributed by atoms with Gasteiger partial charge in [0, 0.05) is 54.6 Å². The van der Waals surface area contributed by atoms with Crippen molar-refractivity contribution in [1.29, 1.82) is 0 Å². The van der Waals surface area contributed by atoms with Crippen LogP contribution in [0.2, 0.25) is 0 Å². The van der Waals surface area contributed by atoms with Gasteiger partial charge in [-0.1, -0.05) is 133 Å². The number of aromatic nitrogens is 3. The van der Waals surface area contributed by atoms with Crippen LogP contribution in [-0.2, 0) is 0 Å². The predicted molar refractivity (Wildman–Crippen MR) is 229 cm³/mol.